The first kappa shape index (κ1) is 15.0. The molecule has 0 spiro atoms. The minimum absolute atomic E-state index is 0.0599. The lowest BCUT2D eigenvalue weighted by Gasteiger charge is -2.13. The Bertz CT molecular complexity index is 604. The number of carbonyl (C=O) groups is 1. The molecule has 2 rings (SSSR count). The molecule has 21 heavy (non-hydrogen) atoms. The van der Waals surface area contributed by atoms with Crippen molar-refractivity contribution in [3.05, 3.63) is 53.5 Å². The van der Waals surface area contributed by atoms with E-state index in [0.29, 0.717) is 6.42 Å². The highest BCUT2D eigenvalue weighted by atomic mass is 19.1. The Hall–Kier alpha value is -2.37. The Morgan fingerprint density at radius 2 is 2.00 bits per heavy atom. The molecule has 112 valence electrons. The molecule has 1 aromatic carbocycles. The molecule has 0 fully saturated rings. The fourth-order valence-electron chi connectivity index (χ4n) is 2.03. The van der Waals surface area contributed by atoms with Crippen molar-refractivity contribution in [3.8, 4) is 0 Å². The molecule has 2 aromatic rings. The van der Waals surface area contributed by atoms with E-state index in [4.69, 9.17) is 4.42 Å². The topological polar surface area (TPSA) is 54.3 Å². The number of hydrogen-bond acceptors (Lipinski definition) is 3. The van der Waals surface area contributed by atoms with E-state index >= 15 is 0 Å². The largest absolute Gasteiger partial charge is 0.469 e. The molecule has 1 atom stereocenters. The van der Waals surface area contributed by atoms with Crippen LogP contribution < -0.4 is 10.6 Å². The molecule has 0 bridgehead atoms. The van der Waals surface area contributed by atoms with Crippen LogP contribution in [0.4, 0.5) is 14.5 Å². The maximum atomic E-state index is 13.6. The normalized spacial score (nSPS) is 12.0. The third-order valence-corrected chi connectivity index (χ3v) is 3.02. The summed E-state index contributed by atoms with van der Waals surface area (Å²) in [5.74, 6) is -1.41. The minimum Gasteiger partial charge on any atom is -0.469 e. The maximum Gasteiger partial charge on any atom is 0.251 e. The number of rotatable bonds is 5. The van der Waals surface area contributed by atoms with Crippen LogP contribution in [0.5, 0.6) is 0 Å². The number of carbonyl (C=O) groups excluding carboxylic acids is 1. The van der Waals surface area contributed by atoms with Crippen molar-refractivity contribution in [1.82, 2.24) is 5.32 Å². The lowest BCUT2D eigenvalue weighted by atomic mass is 10.1. The first-order valence-corrected chi connectivity index (χ1v) is 6.51. The first-order valence-electron chi connectivity index (χ1n) is 6.51. The van der Waals surface area contributed by atoms with Gasteiger partial charge < -0.3 is 15.1 Å². The van der Waals surface area contributed by atoms with Crippen LogP contribution in [0.25, 0.3) is 0 Å². The Labute approximate surface area is 121 Å². The van der Waals surface area contributed by atoms with Gasteiger partial charge in [0.05, 0.1) is 6.26 Å². The summed E-state index contributed by atoms with van der Waals surface area (Å²) in [7, 11) is 1.41. The van der Waals surface area contributed by atoms with Gasteiger partial charge in [-0.1, -0.05) is 0 Å². The summed E-state index contributed by atoms with van der Waals surface area (Å²) in [6.45, 7) is 1.79. The van der Waals surface area contributed by atoms with Crippen LogP contribution in [0.2, 0.25) is 0 Å². The molecule has 0 aliphatic carbocycles. The lowest BCUT2D eigenvalue weighted by Crippen LogP contribution is -2.34. The van der Waals surface area contributed by atoms with E-state index in [-0.39, 0.29) is 17.3 Å². The lowest BCUT2D eigenvalue weighted by molar-refractivity contribution is 0.0938. The fourth-order valence-corrected chi connectivity index (χ4v) is 2.03. The molecule has 0 saturated carbocycles. The third-order valence-electron chi connectivity index (χ3n) is 3.02. The highest BCUT2D eigenvalue weighted by Crippen LogP contribution is 2.20. The van der Waals surface area contributed by atoms with E-state index in [0.717, 1.165) is 17.9 Å². The molecule has 1 amide bonds. The van der Waals surface area contributed by atoms with Gasteiger partial charge in [0.25, 0.3) is 5.91 Å². The van der Waals surface area contributed by atoms with E-state index in [9.17, 15) is 13.6 Å². The van der Waals surface area contributed by atoms with Crippen LogP contribution in [-0.2, 0) is 6.42 Å². The SMILES string of the molecule is CNc1c(F)cc(C(=O)NC(C)Cc2ccco2)cc1F. The average molecular weight is 294 g/mol. The van der Waals surface area contributed by atoms with Crippen LogP contribution in [0, 0.1) is 11.6 Å². The van der Waals surface area contributed by atoms with Gasteiger partial charge in [-0.3, -0.25) is 4.79 Å². The van der Waals surface area contributed by atoms with Gasteiger partial charge in [0.1, 0.15) is 23.1 Å². The van der Waals surface area contributed by atoms with Crippen LogP contribution in [0.15, 0.2) is 34.9 Å². The summed E-state index contributed by atoms with van der Waals surface area (Å²) in [6, 6.07) is 5.33. The Balaban J connectivity index is 2.06. The molecule has 6 heteroatoms. The molecule has 0 aliphatic rings. The van der Waals surface area contributed by atoms with Crippen LogP contribution in [0.3, 0.4) is 0 Å². The van der Waals surface area contributed by atoms with Crippen molar-refractivity contribution in [2.75, 3.05) is 12.4 Å². The summed E-state index contributed by atoms with van der Waals surface area (Å²) < 4.78 is 32.4. The Morgan fingerprint density at radius 1 is 1.33 bits per heavy atom. The predicted octanol–water partition coefficient (Wildman–Crippen LogP) is 2.96. The van der Waals surface area contributed by atoms with E-state index in [1.54, 1.807) is 25.3 Å². The van der Waals surface area contributed by atoms with Gasteiger partial charge in [-0.25, -0.2) is 8.78 Å². The van der Waals surface area contributed by atoms with Crippen molar-refractivity contribution in [2.24, 2.45) is 0 Å². The number of hydrogen-bond donors (Lipinski definition) is 2. The van der Waals surface area contributed by atoms with E-state index in [1.807, 2.05) is 0 Å². The number of nitrogens with one attached hydrogen (secondary N) is 2. The van der Waals surface area contributed by atoms with Crippen LogP contribution in [-0.4, -0.2) is 19.0 Å². The molecule has 0 aliphatic heterocycles. The van der Waals surface area contributed by atoms with E-state index in [1.165, 1.54) is 7.05 Å². The molecular weight excluding hydrogens is 278 g/mol. The zero-order valence-electron chi connectivity index (χ0n) is 11.7. The summed E-state index contributed by atoms with van der Waals surface area (Å²) in [4.78, 5) is 12.0. The first-order chi connectivity index (χ1) is 10.0. The smallest absolute Gasteiger partial charge is 0.251 e. The monoisotopic (exact) mass is 294 g/mol. The van der Waals surface area contributed by atoms with Gasteiger partial charge in [-0.2, -0.15) is 0 Å². The molecule has 2 N–H and O–H groups in total. The number of halogens is 2. The quantitative estimate of drug-likeness (QED) is 0.891. The maximum absolute atomic E-state index is 13.6. The summed E-state index contributed by atoms with van der Waals surface area (Å²) in [5.41, 5.74) is -0.314. The zero-order chi connectivity index (χ0) is 15.4. The van der Waals surface area contributed by atoms with Crippen molar-refractivity contribution >= 4 is 11.6 Å². The van der Waals surface area contributed by atoms with Crippen molar-refractivity contribution in [3.63, 3.8) is 0 Å². The molecule has 1 aromatic heterocycles. The van der Waals surface area contributed by atoms with Gasteiger partial charge in [0.15, 0.2) is 0 Å². The summed E-state index contributed by atoms with van der Waals surface area (Å²) in [6.07, 6.45) is 2.05. The third kappa shape index (κ3) is 3.59. The minimum atomic E-state index is -0.804. The van der Waals surface area contributed by atoms with Gasteiger partial charge >= 0.3 is 0 Å². The van der Waals surface area contributed by atoms with Gasteiger partial charge in [-0.05, 0) is 31.2 Å². The molecule has 1 unspecified atom stereocenters. The van der Waals surface area contributed by atoms with Gasteiger partial charge in [0, 0.05) is 25.1 Å². The van der Waals surface area contributed by atoms with Gasteiger partial charge in [0.2, 0.25) is 0 Å². The highest BCUT2D eigenvalue weighted by Gasteiger charge is 2.16. The van der Waals surface area contributed by atoms with Crippen LogP contribution >= 0.6 is 0 Å². The second kappa shape index (κ2) is 6.39. The Kier molecular flexibility index (Phi) is 4.57. The van der Waals surface area contributed by atoms with Crippen molar-refractivity contribution in [2.45, 2.75) is 19.4 Å². The van der Waals surface area contributed by atoms with E-state index < -0.39 is 17.5 Å². The van der Waals surface area contributed by atoms with Gasteiger partial charge in [-0.15, -0.1) is 0 Å². The summed E-state index contributed by atoms with van der Waals surface area (Å²) in [5, 5.41) is 5.08. The van der Waals surface area contributed by atoms with E-state index in [2.05, 4.69) is 10.6 Å². The Morgan fingerprint density at radius 3 is 2.52 bits per heavy atom. The highest BCUT2D eigenvalue weighted by molar-refractivity contribution is 5.94. The number of benzene rings is 1. The number of amides is 1. The average Bonchev–Trinajstić information content (AvgIpc) is 2.90. The second-order valence-corrected chi connectivity index (χ2v) is 4.72. The molecule has 4 nitrogen and oxygen atoms in total. The zero-order valence-corrected chi connectivity index (χ0v) is 11.7. The van der Waals surface area contributed by atoms with Crippen molar-refractivity contribution < 1.29 is 18.0 Å². The molecular formula is C15H16F2N2O2. The molecule has 0 saturated heterocycles. The van der Waals surface area contributed by atoms with Crippen molar-refractivity contribution in [1.29, 1.82) is 0 Å². The summed E-state index contributed by atoms with van der Waals surface area (Å²) >= 11 is 0. The van der Waals surface area contributed by atoms with Crippen LogP contribution in [0.1, 0.15) is 23.0 Å². The second-order valence-electron chi connectivity index (χ2n) is 4.72. The predicted molar refractivity (Wildman–Crippen MR) is 75.2 cm³/mol. The molecule has 0 radical (unpaired) electrons. The number of anilines is 1. The fraction of sp³-hybridized carbons (Fsp3) is 0.267. The standard InChI is InChI=1S/C15H16F2N2O2/c1-9(6-11-4-3-5-21-11)19-15(20)10-7-12(16)14(18-2)13(17)8-10/h3-5,7-9,18H,6H2,1-2H3,(H,19,20). The number of furan rings is 1. The molecule has 1 heterocycles.